The van der Waals surface area contributed by atoms with Crippen LogP contribution in [0, 0.1) is 0 Å². The van der Waals surface area contributed by atoms with Crippen LogP contribution in [0.25, 0.3) is 0 Å². The Morgan fingerprint density at radius 2 is 1.65 bits per heavy atom. The first-order chi connectivity index (χ1) is 12.5. The highest BCUT2D eigenvalue weighted by molar-refractivity contribution is 5.34. The average Bonchev–Trinajstić information content (AvgIpc) is 2.65. The van der Waals surface area contributed by atoms with E-state index in [1.165, 1.54) is 0 Å². The monoisotopic (exact) mass is 358 g/mol. The predicted octanol–water partition coefficient (Wildman–Crippen LogP) is 2.22. The molecule has 2 aromatic rings. The van der Waals surface area contributed by atoms with Gasteiger partial charge in [-0.25, -0.2) is 0 Å². The molecule has 0 aromatic heterocycles. The lowest BCUT2D eigenvalue weighted by atomic mass is 9.90. The van der Waals surface area contributed by atoms with E-state index in [-0.39, 0.29) is 0 Å². The fourth-order valence-electron chi connectivity index (χ4n) is 3.31. The summed E-state index contributed by atoms with van der Waals surface area (Å²) in [6.45, 7) is 4.29. The van der Waals surface area contributed by atoms with Gasteiger partial charge in [-0.1, -0.05) is 36.4 Å². The minimum Gasteiger partial charge on any atom is -0.494 e. The first-order valence-electron chi connectivity index (χ1n) is 9.00. The Morgan fingerprint density at radius 3 is 2.35 bits per heavy atom. The third-order valence-electron chi connectivity index (χ3n) is 4.77. The van der Waals surface area contributed by atoms with Gasteiger partial charge in [-0.2, -0.15) is 0 Å². The molecule has 1 aliphatic heterocycles. The van der Waals surface area contributed by atoms with Crippen molar-refractivity contribution in [3.8, 4) is 5.75 Å². The second-order valence-electron chi connectivity index (χ2n) is 6.73. The van der Waals surface area contributed by atoms with Crippen LogP contribution in [0.2, 0.25) is 0 Å². The van der Waals surface area contributed by atoms with Crippen LogP contribution in [-0.4, -0.2) is 46.3 Å². The number of rotatable bonds is 5. The van der Waals surface area contributed by atoms with Gasteiger partial charge in [0.2, 0.25) is 0 Å². The van der Waals surface area contributed by atoms with Crippen molar-refractivity contribution >= 4 is 0 Å². The molecule has 0 saturated carbocycles. The van der Waals surface area contributed by atoms with Crippen molar-refractivity contribution in [3.63, 3.8) is 0 Å². The van der Waals surface area contributed by atoms with Gasteiger partial charge in [0.15, 0.2) is 0 Å². The summed E-state index contributed by atoms with van der Waals surface area (Å²) in [7, 11) is 0. The zero-order valence-corrected chi connectivity index (χ0v) is 15.1. The smallest absolute Gasteiger partial charge is 0.119 e. The highest BCUT2D eigenvalue weighted by atomic mass is 16.5. The Kier molecular flexibility index (Phi) is 5.94. The van der Waals surface area contributed by atoms with E-state index in [4.69, 9.17) is 9.47 Å². The molecule has 1 aliphatic rings. The fourth-order valence-corrected chi connectivity index (χ4v) is 3.31. The molecule has 0 radical (unpaired) electrons. The van der Waals surface area contributed by atoms with Crippen molar-refractivity contribution in [2.45, 2.75) is 50.8 Å². The Hall–Kier alpha value is -1.92. The van der Waals surface area contributed by atoms with Crippen molar-refractivity contribution in [1.82, 2.24) is 0 Å². The van der Waals surface area contributed by atoms with E-state index in [9.17, 15) is 15.3 Å². The molecule has 140 valence electrons. The van der Waals surface area contributed by atoms with Gasteiger partial charge < -0.3 is 24.8 Å². The minimum atomic E-state index is -1.22. The third-order valence-corrected chi connectivity index (χ3v) is 4.77. The molecule has 2 aromatic carbocycles. The summed E-state index contributed by atoms with van der Waals surface area (Å²) in [5.74, 6) is 0.852. The number of aliphatic hydroxyl groups is 3. The molecule has 0 amide bonds. The lowest BCUT2D eigenvalue weighted by molar-refractivity contribution is -0.219. The van der Waals surface area contributed by atoms with Crippen molar-refractivity contribution in [1.29, 1.82) is 0 Å². The maximum atomic E-state index is 10.3. The fraction of sp³-hybridized carbons (Fsp3) is 0.429. The molecule has 0 bridgehead atoms. The molecule has 5 atom stereocenters. The highest BCUT2D eigenvalue weighted by Gasteiger charge is 2.42. The van der Waals surface area contributed by atoms with Crippen molar-refractivity contribution in [3.05, 3.63) is 65.2 Å². The summed E-state index contributed by atoms with van der Waals surface area (Å²) in [6.07, 6.45) is -3.95. The molecule has 0 aliphatic carbocycles. The minimum absolute atomic E-state index is 0.548. The molecular weight excluding hydrogens is 332 g/mol. The van der Waals surface area contributed by atoms with Crippen LogP contribution in [0.5, 0.6) is 5.75 Å². The van der Waals surface area contributed by atoms with Gasteiger partial charge >= 0.3 is 0 Å². The van der Waals surface area contributed by atoms with Crippen molar-refractivity contribution < 1.29 is 24.8 Å². The molecule has 26 heavy (non-hydrogen) atoms. The lowest BCUT2D eigenvalue weighted by Gasteiger charge is -2.39. The quantitative estimate of drug-likeness (QED) is 0.764. The van der Waals surface area contributed by atoms with E-state index in [0.717, 1.165) is 28.9 Å². The molecule has 3 N–H and O–H groups in total. The zero-order chi connectivity index (χ0) is 18.7. The van der Waals surface area contributed by atoms with Crippen LogP contribution >= 0.6 is 0 Å². The van der Waals surface area contributed by atoms with Crippen LogP contribution in [0.15, 0.2) is 48.5 Å². The molecule has 5 heteroatoms. The zero-order valence-electron chi connectivity index (χ0n) is 15.1. The number of hydrogen-bond donors (Lipinski definition) is 3. The van der Waals surface area contributed by atoms with E-state index in [0.29, 0.717) is 6.61 Å². The molecule has 0 spiro atoms. The maximum Gasteiger partial charge on any atom is 0.119 e. The summed E-state index contributed by atoms with van der Waals surface area (Å²) >= 11 is 0. The summed E-state index contributed by atoms with van der Waals surface area (Å²) in [6, 6.07) is 15.7. The summed E-state index contributed by atoms with van der Waals surface area (Å²) in [4.78, 5) is 0. The Labute approximate surface area is 153 Å². The van der Waals surface area contributed by atoms with Crippen LogP contribution in [0.4, 0.5) is 0 Å². The van der Waals surface area contributed by atoms with E-state index < -0.39 is 30.5 Å². The van der Waals surface area contributed by atoms with Crippen LogP contribution in [0.3, 0.4) is 0 Å². The summed E-state index contributed by atoms with van der Waals surface area (Å²) < 4.78 is 11.2. The van der Waals surface area contributed by atoms with E-state index >= 15 is 0 Å². The first kappa shape index (κ1) is 18.9. The van der Waals surface area contributed by atoms with E-state index in [2.05, 4.69) is 0 Å². The maximum absolute atomic E-state index is 10.3. The second kappa shape index (κ2) is 8.18. The molecular formula is C21H26O5. The SMILES string of the molecule is CCOc1ccc(Cc2cccc([C@@H]3O[C@H](C)[C@@H](O)[C@H](O)[C@H]3O)c2)cc1. The summed E-state index contributed by atoms with van der Waals surface area (Å²) in [5.41, 5.74) is 3.02. The van der Waals surface area contributed by atoms with Crippen LogP contribution in [0.1, 0.15) is 36.6 Å². The molecule has 1 saturated heterocycles. The Balaban J connectivity index is 1.75. The van der Waals surface area contributed by atoms with Gasteiger partial charge in [0.1, 0.15) is 30.2 Å². The standard InChI is InChI=1S/C21H26O5/c1-3-25-17-9-7-14(8-10-17)11-15-5-4-6-16(12-15)21-20(24)19(23)18(22)13(2)26-21/h4-10,12-13,18-24H,3,11H2,1-2H3/t13-,18-,19+,20-,21+/m1/s1. The molecule has 0 unspecified atom stereocenters. The van der Waals surface area contributed by atoms with Crippen LogP contribution < -0.4 is 4.74 Å². The van der Waals surface area contributed by atoms with Gasteiger partial charge in [0.25, 0.3) is 0 Å². The lowest BCUT2D eigenvalue weighted by Crippen LogP contribution is -2.53. The van der Waals surface area contributed by atoms with Crippen molar-refractivity contribution in [2.75, 3.05) is 6.61 Å². The number of aliphatic hydroxyl groups excluding tert-OH is 3. The molecule has 1 fully saturated rings. The third kappa shape index (κ3) is 4.07. The molecule has 5 nitrogen and oxygen atoms in total. The average molecular weight is 358 g/mol. The number of benzene rings is 2. The predicted molar refractivity (Wildman–Crippen MR) is 98.2 cm³/mol. The number of ether oxygens (including phenoxy) is 2. The van der Waals surface area contributed by atoms with Gasteiger partial charge in [-0.05, 0) is 49.1 Å². The molecule has 3 rings (SSSR count). The van der Waals surface area contributed by atoms with Gasteiger partial charge in [0.05, 0.1) is 12.7 Å². The largest absolute Gasteiger partial charge is 0.494 e. The van der Waals surface area contributed by atoms with Gasteiger partial charge in [0, 0.05) is 0 Å². The van der Waals surface area contributed by atoms with Crippen molar-refractivity contribution in [2.24, 2.45) is 0 Å². The normalized spacial score (nSPS) is 28.7. The molecule has 1 heterocycles. The summed E-state index contributed by atoms with van der Waals surface area (Å²) in [5, 5.41) is 30.2. The van der Waals surface area contributed by atoms with E-state index in [1.54, 1.807) is 6.92 Å². The Morgan fingerprint density at radius 1 is 0.923 bits per heavy atom. The van der Waals surface area contributed by atoms with Gasteiger partial charge in [-0.3, -0.25) is 0 Å². The second-order valence-corrected chi connectivity index (χ2v) is 6.73. The Bertz CT molecular complexity index is 715. The van der Waals surface area contributed by atoms with Gasteiger partial charge in [-0.15, -0.1) is 0 Å². The number of hydrogen-bond acceptors (Lipinski definition) is 5. The van der Waals surface area contributed by atoms with Crippen LogP contribution in [-0.2, 0) is 11.2 Å². The van der Waals surface area contributed by atoms with E-state index in [1.807, 2.05) is 55.5 Å². The highest BCUT2D eigenvalue weighted by Crippen LogP contribution is 2.32. The topological polar surface area (TPSA) is 79.2 Å². The first-order valence-corrected chi connectivity index (χ1v) is 9.00.